The highest BCUT2D eigenvalue weighted by Crippen LogP contribution is 2.28. The van der Waals surface area contributed by atoms with Crippen molar-refractivity contribution in [2.75, 3.05) is 13.7 Å². The fourth-order valence-corrected chi connectivity index (χ4v) is 3.18. The van der Waals surface area contributed by atoms with Crippen LogP contribution in [0.3, 0.4) is 0 Å². The first-order valence-electron chi connectivity index (χ1n) is 10.3. The van der Waals surface area contributed by atoms with Crippen LogP contribution in [0.4, 0.5) is 0 Å². The van der Waals surface area contributed by atoms with E-state index in [0.29, 0.717) is 0 Å². The van der Waals surface area contributed by atoms with Gasteiger partial charge < -0.3 is 14.8 Å². The molecule has 2 aromatic carbocycles. The number of hydrogen-bond donors (Lipinski definition) is 1. The second-order valence-electron chi connectivity index (χ2n) is 7.19. The van der Waals surface area contributed by atoms with Crippen molar-refractivity contribution in [1.82, 2.24) is 5.32 Å². The number of nitrogens with one attached hydrogen (secondary N) is 1. The monoisotopic (exact) mass is 369 g/mol. The van der Waals surface area contributed by atoms with E-state index in [-0.39, 0.29) is 0 Å². The van der Waals surface area contributed by atoms with Crippen LogP contribution in [-0.4, -0.2) is 13.7 Å². The highest BCUT2D eigenvalue weighted by atomic mass is 16.5. The molecule has 0 aliphatic carbocycles. The predicted molar refractivity (Wildman–Crippen MR) is 114 cm³/mol. The Morgan fingerprint density at radius 3 is 2.30 bits per heavy atom. The highest BCUT2D eigenvalue weighted by Gasteiger charge is 2.06. The van der Waals surface area contributed by atoms with Crippen molar-refractivity contribution in [1.29, 1.82) is 0 Å². The number of ether oxygens (including phenoxy) is 2. The molecular formula is C24H35NO2. The summed E-state index contributed by atoms with van der Waals surface area (Å²) in [7, 11) is 1.71. The summed E-state index contributed by atoms with van der Waals surface area (Å²) >= 11 is 0. The third-order valence-electron chi connectivity index (χ3n) is 4.72. The van der Waals surface area contributed by atoms with Gasteiger partial charge in [0.2, 0.25) is 0 Å². The summed E-state index contributed by atoms with van der Waals surface area (Å²) in [5, 5.41) is 3.50. The molecule has 0 aromatic heterocycles. The SMILES string of the molecule is CCCCCCCCOc1ccc(CNCc2cccc(C)c2)cc1OC. The number of hydrogen-bond acceptors (Lipinski definition) is 3. The molecule has 2 aromatic rings. The molecule has 3 nitrogen and oxygen atoms in total. The van der Waals surface area contributed by atoms with E-state index in [9.17, 15) is 0 Å². The molecular weight excluding hydrogens is 334 g/mol. The molecule has 0 spiro atoms. The Hall–Kier alpha value is -2.00. The van der Waals surface area contributed by atoms with Crippen molar-refractivity contribution >= 4 is 0 Å². The van der Waals surface area contributed by atoms with E-state index in [0.717, 1.165) is 37.6 Å². The molecule has 0 amide bonds. The molecule has 0 aliphatic heterocycles. The van der Waals surface area contributed by atoms with Gasteiger partial charge in [0.05, 0.1) is 13.7 Å². The van der Waals surface area contributed by atoms with E-state index < -0.39 is 0 Å². The lowest BCUT2D eigenvalue weighted by molar-refractivity contribution is 0.284. The molecule has 0 aliphatic rings. The van der Waals surface area contributed by atoms with E-state index in [4.69, 9.17) is 9.47 Å². The number of unbranched alkanes of at least 4 members (excludes halogenated alkanes) is 5. The lowest BCUT2D eigenvalue weighted by Gasteiger charge is -2.13. The summed E-state index contributed by atoms with van der Waals surface area (Å²) < 4.78 is 11.5. The average molecular weight is 370 g/mol. The van der Waals surface area contributed by atoms with Crippen molar-refractivity contribution in [2.45, 2.75) is 65.5 Å². The van der Waals surface area contributed by atoms with Crippen LogP contribution >= 0.6 is 0 Å². The Morgan fingerprint density at radius 1 is 0.815 bits per heavy atom. The average Bonchev–Trinajstić information content (AvgIpc) is 2.68. The van der Waals surface area contributed by atoms with Gasteiger partial charge in [-0.05, 0) is 36.6 Å². The van der Waals surface area contributed by atoms with Gasteiger partial charge in [-0.25, -0.2) is 0 Å². The lowest BCUT2D eigenvalue weighted by Crippen LogP contribution is -2.13. The minimum atomic E-state index is 0.757. The zero-order valence-corrected chi connectivity index (χ0v) is 17.2. The first kappa shape index (κ1) is 21.3. The first-order valence-corrected chi connectivity index (χ1v) is 10.3. The largest absolute Gasteiger partial charge is 0.493 e. The Balaban J connectivity index is 1.75. The molecule has 148 valence electrons. The standard InChI is InChI=1S/C24H35NO2/c1-4-5-6-7-8-9-15-27-23-14-13-22(17-24(23)26-3)19-25-18-21-12-10-11-20(2)16-21/h10-14,16-17,25H,4-9,15,18-19H2,1-3H3. The first-order chi connectivity index (χ1) is 13.2. The van der Waals surface area contributed by atoms with Crippen LogP contribution in [0.25, 0.3) is 0 Å². The van der Waals surface area contributed by atoms with Gasteiger partial charge >= 0.3 is 0 Å². The molecule has 0 atom stereocenters. The predicted octanol–water partition coefficient (Wildman–Crippen LogP) is 6.03. The minimum absolute atomic E-state index is 0.757. The van der Waals surface area contributed by atoms with Gasteiger partial charge in [-0.1, -0.05) is 74.9 Å². The van der Waals surface area contributed by atoms with Crippen LogP contribution in [-0.2, 0) is 13.1 Å². The molecule has 0 saturated carbocycles. The van der Waals surface area contributed by atoms with Gasteiger partial charge in [-0.15, -0.1) is 0 Å². The van der Waals surface area contributed by atoms with Crippen LogP contribution in [0, 0.1) is 6.92 Å². The summed E-state index contributed by atoms with van der Waals surface area (Å²) in [5.41, 5.74) is 3.80. The van der Waals surface area contributed by atoms with Crippen LogP contribution < -0.4 is 14.8 Å². The van der Waals surface area contributed by atoms with Gasteiger partial charge in [-0.3, -0.25) is 0 Å². The Bertz CT molecular complexity index is 669. The maximum Gasteiger partial charge on any atom is 0.161 e. The topological polar surface area (TPSA) is 30.5 Å². The molecule has 0 bridgehead atoms. The molecule has 0 fully saturated rings. The molecule has 3 heteroatoms. The molecule has 0 heterocycles. The fraction of sp³-hybridized carbons (Fsp3) is 0.500. The molecule has 1 N–H and O–H groups in total. The Kier molecular flexibility index (Phi) is 9.78. The van der Waals surface area contributed by atoms with Crippen molar-refractivity contribution in [3.63, 3.8) is 0 Å². The van der Waals surface area contributed by atoms with E-state index in [2.05, 4.69) is 55.6 Å². The molecule has 2 rings (SSSR count). The van der Waals surface area contributed by atoms with E-state index in [1.54, 1.807) is 7.11 Å². The highest BCUT2D eigenvalue weighted by molar-refractivity contribution is 5.43. The summed E-state index contributed by atoms with van der Waals surface area (Å²) in [6.07, 6.45) is 7.62. The van der Waals surface area contributed by atoms with Crippen molar-refractivity contribution in [3.05, 3.63) is 59.2 Å². The zero-order valence-electron chi connectivity index (χ0n) is 17.2. The third kappa shape index (κ3) is 8.04. The van der Waals surface area contributed by atoms with Crippen LogP contribution in [0.15, 0.2) is 42.5 Å². The van der Waals surface area contributed by atoms with Crippen molar-refractivity contribution in [2.24, 2.45) is 0 Å². The normalized spacial score (nSPS) is 10.8. The summed E-state index contributed by atoms with van der Waals surface area (Å²) in [5.74, 6) is 1.66. The van der Waals surface area contributed by atoms with E-state index >= 15 is 0 Å². The van der Waals surface area contributed by atoms with Gasteiger partial charge in [-0.2, -0.15) is 0 Å². The van der Waals surface area contributed by atoms with Crippen LogP contribution in [0.1, 0.15) is 62.1 Å². The maximum atomic E-state index is 5.93. The summed E-state index contributed by atoms with van der Waals surface area (Å²) in [4.78, 5) is 0. The second kappa shape index (κ2) is 12.4. The number of aryl methyl sites for hydroxylation is 1. The molecule has 0 unspecified atom stereocenters. The summed E-state index contributed by atoms with van der Waals surface area (Å²) in [6.45, 7) is 6.80. The Labute approximate surface area is 165 Å². The quantitative estimate of drug-likeness (QED) is 0.437. The fourth-order valence-electron chi connectivity index (χ4n) is 3.18. The molecule has 0 saturated heterocycles. The number of methoxy groups -OCH3 is 1. The molecule has 27 heavy (non-hydrogen) atoms. The second-order valence-corrected chi connectivity index (χ2v) is 7.19. The van der Waals surface area contributed by atoms with Gasteiger partial charge in [0.1, 0.15) is 0 Å². The van der Waals surface area contributed by atoms with E-state index in [1.165, 1.54) is 48.8 Å². The third-order valence-corrected chi connectivity index (χ3v) is 4.72. The molecule has 0 radical (unpaired) electrons. The van der Waals surface area contributed by atoms with Crippen molar-refractivity contribution in [3.8, 4) is 11.5 Å². The van der Waals surface area contributed by atoms with E-state index in [1.807, 2.05) is 6.07 Å². The summed E-state index contributed by atoms with van der Waals surface area (Å²) in [6, 6.07) is 14.8. The maximum absolute atomic E-state index is 5.93. The van der Waals surface area contributed by atoms with Crippen LogP contribution in [0.2, 0.25) is 0 Å². The lowest BCUT2D eigenvalue weighted by atomic mass is 10.1. The van der Waals surface area contributed by atoms with Gasteiger partial charge in [0.15, 0.2) is 11.5 Å². The number of rotatable bonds is 13. The smallest absolute Gasteiger partial charge is 0.161 e. The van der Waals surface area contributed by atoms with Gasteiger partial charge in [0.25, 0.3) is 0 Å². The van der Waals surface area contributed by atoms with Gasteiger partial charge in [0, 0.05) is 13.1 Å². The van der Waals surface area contributed by atoms with Crippen LogP contribution in [0.5, 0.6) is 11.5 Å². The zero-order chi connectivity index (χ0) is 19.3. The Morgan fingerprint density at radius 2 is 1.56 bits per heavy atom. The minimum Gasteiger partial charge on any atom is -0.493 e. The number of benzene rings is 2. The van der Waals surface area contributed by atoms with Crippen molar-refractivity contribution < 1.29 is 9.47 Å².